The number of ketones is 1. The highest BCUT2D eigenvalue weighted by atomic mass is 35.5. The average Bonchev–Trinajstić information content (AvgIpc) is 3.07. The average molecular weight is 418 g/mol. The van der Waals surface area contributed by atoms with Crippen LogP contribution in [0.1, 0.15) is 39.6 Å². The molecular formula is C24H20ClN3O2. The summed E-state index contributed by atoms with van der Waals surface area (Å²) < 4.78 is 7.25. The fourth-order valence-corrected chi connectivity index (χ4v) is 4.45. The van der Waals surface area contributed by atoms with Gasteiger partial charge in [-0.05, 0) is 42.7 Å². The number of benzene rings is 2. The van der Waals surface area contributed by atoms with E-state index < -0.39 is 0 Å². The standard InChI is InChI=1S/C24H20ClN3O2/c1-14-23(15-7-9-17(25)10-8-15)24-26-20-11-16(18-5-3-4-6-22(18)30-2)12-21(29)19(20)13-28(24)27-14/h3-10,13,16H,11-12H2,1-2H3. The molecule has 30 heavy (non-hydrogen) atoms. The summed E-state index contributed by atoms with van der Waals surface area (Å²) in [5.41, 5.74) is 6.08. The summed E-state index contributed by atoms with van der Waals surface area (Å²) in [4.78, 5) is 17.9. The quantitative estimate of drug-likeness (QED) is 0.455. The van der Waals surface area contributed by atoms with Crippen molar-refractivity contribution in [3.8, 4) is 16.9 Å². The van der Waals surface area contributed by atoms with Gasteiger partial charge in [0.1, 0.15) is 5.75 Å². The second kappa shape index (κ2) is 7.26. The van der Waals surface area contributed by atoms with Crippen LogP contribution in [0.2, 0.25) is 5.02 Å². The van der Waals surface area contributed by atoms with Gasteiger partial charge in [-0.2, -0.15) is 5.10 Å². The molecule has 0 fully saturated rings. The van der Waals surface area contributed by atoms with Crippen LogP contribution in [0.4, 0.5) is 0 Å². The maximum atomic E-state index is 13.0. The number of fused-ring (bicyclic) bond motifs is 2. The molecule has 0 radical (unpaired) electrons. The first-order chi connectivity index (χ1) is 14.5. The van der Waals surface area contributed by atoms with E-state index in [2.05, 4.69) is 5.10 Å². The van der Waals surface area contributed by atoms with Gasteiger partial charge >= 0.3 is 0 Å². The molecule has 1 atom stereocenters. The lowest BCUT2D eigenvalue weighted by Gasteiger charge is -2.24. The number of methoxy groups -OCH3 is 1. The van der Waals surface area contributed by atoms with E-state index in [1.54, 1.807) is 11.6 Å². The molecule has 2 aromatic carbocycles. The predicted molar refractivity (Wildman–Crippen MR) is 117 cm³/mol. The number of carbonyl (C=O) groups excluding carboxylic acids is 1. The van der Waals surface area contributed by atoms with Crippen LogP contribution in [0.3, 0.4) is 0 Å². The number of halogens is 1. The molecule has 0 amide bonds. The van der Waals surface area contributed by atoms with Crippen molar-refractivity contribution in [3.63, 3.8) is 0 Å². The van der Waals surface area contributed by atoms with Crippen LogP contribution in [0.5, 0.6) is 5.75 Å². The van der Waals surface area contributed by atoms with Crippen molar-refractivity contribution < 1.29 is 9.53 Å². The number of hydrogen-bond acceptors (Lipinski definition) is 4. The summed E-state index contributed by atoms with van der Waals surface area (Å²) in [6.45, 7) is 1.96. The number of rotatable bonds is 3. The van der Waals surface area contributed by atoms with Crippen LogP contribution in [0, 0.1) is 6.92 Å². The van der Waals surface area contributed by atoms with Crippen LogP contribution in [-0.2, 0) is 6.42 Å². The number of aromatic nitrogens is 3. The van der Waals surface area contributed by atoms with Crippen LogP contribution in [0.25, 0.3) is 16.8 Å². The summed E-state index contributed by atoms with van der Waals surface area (Å²) in [5.74, 6) is 0.934. The Morgan fingerprint density at radius 3 is 2.63 bits per heavy atom. The fraction of sp³-hybridized carbons (Fsp3) is 0.208. The van der Waals surface area contributed by atoms with Gasteiger partial charge in [0.15, 0.2) is 11.4 Å². The van der Waals surface area contributed by atoms with Crippen molar-refractivity contribution in [1.82, 2.24) is 14.6 Å². The van der Waals surface area contributed by atoms with Gasteiger partial charge < -0.3 is 4.74 Å². The molecule has 4 aromatic rings. The predicted octanol–water partition coefficient (Wildman–Crippen LogP) is 5.28. The number of Topliss-reactive ketones (excluding diaryl/α,β-unsaturated/α-hetero) is 1. The molecule has 1 aliphatic rings. The lowest BCUT2D eigenvalue weighted by molar-refractivity contribution is 0.0962. The molecule has 6 heteroatoms. The van der Waals surface area contributed by atoms with Crippen molar-refractivity contribution in [2.45, 2.75) is 25.7 Å². The molecule has 0 spiro atoms. The Kier molecular flexibility index (Phi) is 4.55. The first-order valence-electron chi connectivity index (χ1n) is 9.86. The minimum absolute atomic E-state index is 0.0408. The van der Waals surface area contributed by atoms with Crippen molar-refractivity contribution in [2.75, 3.05) is 7.11 Å². The highest BCUT2D eigenvalue weighted by molar-refractivity contribution is 6.30. The number of para-hydroxylation sites is 1. The van der Waals surface area contributed by atoms with Gasteiger partial charge in [-0.1, -0.05) is 41.9 Å². The Hall–Kier alpha value is -3.18. The number of carbonyl (C=O) groups is 1. The highest BCUT2D eigenvalue weighted by Crippen LogP contribution is 2.37. The Labute approximate surface area is 179 Å². The molecule has 0 saturated carbocycles. The molecule has 150 valence electrons. The summed E-state index contributed by atoms with van der Waals surface area (Å²) >= 11 is 6.06. The van der Waals surface area contributed by atoms with E-state index in [-0.39, 0.29) is 11.7 Å². The van der Waals surface area contributed by atoms with E-state index in [4.69, 9.17) is 21.3 Å². The second-order valence-electron chi connectivity index (χ2n) is 7.61. The Morgan fingerprint density at radius 2 is 1.87 bits per heavy atom. The molecule has 0 aliphatic heterocycles. The molecule has 0 saturated heterocycles. The molecule has 2 heterocycles. The topological polar surface area (TPSA) is 56.5 Å². The maximum absolute atomic E-state index is 13.0. The molecule has 5 nitrogen and oxygen atoms in total. The van der Waals surface area contributed by atoms with Crippen LogP contribution in [-0.4, -0.2) is 27.5 Å². The normalized spacial score (nSPS) is 16.0. The molecule has 1 unspecified atom stereocenters. The van der Waals surface area contributed by atoms with E-state index in [0.717, 1.165) is 39.5 Å². The van der Waals surface area contributed by atoms with Gasteiger partial charge in [0.25, 0.3) is 0 Å². The van der Waals surface area contributed by atoms with Gasteiger partial charge in [0, 0.05) is 29.1 Å². The first kappa shape index (κ1) is 18.8. The third kappa shape index (κ3) is 3.06. The maximum Gasteiger partial charge on any atom is 0.166 e. The van der Waals surface area contributed by atoms with Crippen molar-refractivity contribution in [3.05, 3.63) is 82.3 Å². The SMILES string of the molecule is COc1ccccc1C1CC(=O)c2cn3nc(C)c(-c4ccc(Cl)cc4)c3nc2C1. The minimum Gasteiger partial charge on any atom is -0.496 e. The summed E-state index contributed by atoms with van der Waals surface area (Å²) in [5, 5.41) is 5.29. The summed E-state index contributed by atoms with van der Waals surface area (Å²) in [7, 11) is 1.66. The minimum atomic E-state index is 0.0408. The zero-order chi connectivity index (χ0) is 20.8. The van der Waals surface area contributed by atoms with Gasteiger partial charge in [-0.25, -0.2) is 9.50 Å². The lowest BCUT2D eigenvalue weighted by atomic mass is 9.82. The molecule has 2 aromatic heterocycles. The van der Waals surface area contributed by atoms with Crippen molar-refractivity contribution in [2.24, 2.45) is 0 Å². The van der Waals surface area contributed by atoms with Crippen molar-refractivity contribution >= 4 is 23.0 Å². The number of nitrogens with zero attached hydrogens (tertiary/aromatic N) is 3. The van der Waals surface area contributed by atoms with Crippen LogP contribution in [0.15, 0.2) is 54.7 Å². The van der Waals surface area contributed by atoms with Crippen LogP contribution >= 0.6 is 11.6 Å². The highest BCUT2D eigenvalue weighted by Gasteiger charge is 2.30. The van der Waals surface area contributed by atoms with E-state index in [9.17, 15) is 4.79 Å². The third-order valence-electron chi connectivity index (χ3n) is 5.75. The van der Waals surface area contributed by atoms with E-state index in [1.165, 1.54) is 0 Å². The summed E-state index contributed by atoms with van der Waals surface area (Å²) in [6, 6.07) is 15.5. The fourth-order valence-electron chi connectivity index (χ4n) is 4.32. The molecule has 0 bridgehead atoms. The van der Waals surface area contributed by atoms with Gasteiger partial charge in [0.05, 0.1) is 24.1 Å². The molecule has 5 rings (SSSR count). The van der Waals surface area contributed by atoms with E-state index in [1.807, 2.05) is 61.7 Å². The zero-order valence-corrected chi connectivity index (χ0v) is 17.5. The molecule has 1 aliphatic carbocycles. The number of aryl methyl sites for hydroxylation is 1. The zero-order valence-electron chi connectivity index (χ0n) is 16.7. The second-order valence-corrected chi connectivity index (χ2v) is 8.04. The summed E-state index contributed by atoms with van der Waals surface area (Å²) in [6.07, 6.45) is 2.94. The monoisotopic (exact) mass is 417 g/mol. The lowest BCUT2D eigenvalue weighted by Crippen LogP contribution is -2.21. The van der Waals surface area contributed by atoms with Crippen molar-refractivity contribution in [1.29, 1.82) is 0 Å². The van der Waals surface area contributed by atoms with Gasteiger partial charge in [-0.3, -0.25) is 4.79 Å². The number of ether oxygens (including phenoxy) is 1. The van der Waals surface area contributed by atoms with Gasteiger partial charge in [-0.15, -0.1) is 0 Å². The Morgan fingerprint density at radius 1 is 1.10 bits per heavy atom. The number of hydrogen-bond donors (Lipinski definition) is 0. The van der Waals surface area contributed by atoms with E-state index in [0.29, 0.717) is 23.4 Å². The first-order valence-corrected chi connectivity index (χ1v) is 10.2. The molecule has 0 N–H and O–H groups in total. The van der Waals surface area contributed by atoms with Crippen LogP contribution < -0.4 is 4.74 Å². The third-order valence-corrected chi connectivity index (χ3v) is 6.00. The molecular weight excluding hydrogens is 398 g/mol. The smallest absolute Gasteiger partial charge is 0.166 e. The van der Waals surface area contributed by atoms with E-state index >= 15 is 0 Å². The largest absolute Gasteiger partial charge is 0.496 e. The Bertz CT molecular complexity index is 1280. The Balaban J connectivity index is 1.63. The van der Waals surface area contributed by atoms with Gasteiger partial charge in [0.2, 0.25) is 0 Å².